The molecule has 22 heavy (non-hydrogen) atoms. The molecule has 3 nitrogen and oxygen atoms in total. The van der Waals surface area contributed by atoms with Gasteiger partial charge >= 0.3 is 0 Å². The van der Waals surface area contributed by atoms with Gasteiger partial charge in [0.15, 0.2) is 11.5 Å². The van der Waals surface area contributed by atoms with Crippen LogP contribution < -0.4 is 9.47 Å². The van der Waals surface area contributed by atoms with Gasteiger partial charge in [0.05, 0.1) is 7.11 Å². The minimum absolute atomic E-state index is 0.169. The summed E-state index contributed by atoms with van der Waals surface area (Å²) in [4.78, 5) is 11.3. The number of carbonyl (C=O) groups excluding carboxylic acids is 1. The summed E-state index contributed by atoms with van der Waals surface area (Å²) in [5, 5.41) is 0. The van der Waals surface area contributed by atoms with Gasteiger partial charge in [0.2, 0.25) is 0 Å². The first-order valence-corrected chi connectivity index (χ1v) is 7.44. The summed E-state index contributed by atoms with van der Waals surface area (Å²) in [5.74, 6) is 1.77. The Morgan fingerprint density at radius 3 is 2.45 bits per heavy atom. The Morgan fingerprint density at radius 2 is 1.82 bits per heavy atom. The maximum absolute atomic E-state index is 11.3. The zero-order valence-corrected chi connectivity index (χ0v) is 13.3. The standard InChI is InChI=1S/C19H22O3/c1-14(11-15(2)20)17-9-10-18(21-3)19(12-17)22-13-16-7-5-4-6-8-16/h4-10,12,14H,11,13H2,1-3H3. The molecule has 0 aromatic heterocycles. The van der Waals surface area contributed by atoms with E-state index in [0.717, 1.165) is 11.1 Å². The van der Waals surface area contributed by atoms with Crippen LogP contribution in [0.3, 0.4) is 0 Å². The SMILES string of the molecule is COc1ccc(C(C)CC(C)=O)cc1OCc1ccccc1. The van der Waals surface area contributed by atoms with Crippen LogP contribution in [-0.4, -0.2) is 12.9 Å². The Bertz CT molecular complexity index is 620. The lowest BCUT2D eigenvalue weighted by molar-refractivity contribution is -0.117. The van der Waals surface area contributed by atoms with Crippen LogP contribution in [0.5, 0.6) is 11.5 Å². The van der Waals surface area contributed by atoms with Crippen LogP contribution in [0, 0.1) is 0 Å². The number of hydrogen-bond acceptors (Lipinski definition) is 3. The molecule has 0 spiro atoms. The molecule has 0 N–H and O–H groups in total. The van der Waals surface area contributed by atoms with Gasteiger partial charge < -0.3 is 14.3 Å². The van der Waals surface area contributed by atoms with Gasteiger partial charge in [-0.2, -0.15) is 0 Å². The third-order valence-corrected chi connectivity index (χ3v) is 3.59. The van der Waals surface area contributed by atoms with Crippen molar-refractivity contribution in [3.63, 3.8) is 0 Å². The molecule has 116 valence electrons. The van der Waals surface area contributed by atoms with Gasteiger partial charge in [-0.1, -0.05) is 43.3 Å². The van der Waals surface area contributed by atoms with Crippen molar-refractivity contribution >= 4 is 5.78 Å². The van der Waals surface area contributed by atoms with Crippen LogP contribution in [0.4, 0.5) is 0 Å². The van der Waals surface area contributed by atoms with Gasteiger partial charge in [-0.15, -0.1) is 0 Å². The zero-order chi connectivity index (χ0) is 15.9. The molecule has 0 radical (unpaired) electrons. The Balaban J connectivity index is 2.15. The quantitative estimate of drug-likeness (QED) is 0.762. The topological polar surface area (TPSA) is 35.5 Å². The summed E-state index contributed by atoms with van der Waals surface area (Å²) in [7, 11) is 1.63. The summed E-state index contributed by atoms with van der Waals surface area (Å²) in [6.07, 6.45) is 0.532. The normalized spacial score (nSPS) is 11.8. The van der Waals surface area contributed by atoms with E-state index in [0.29, 0.717) is 24.5 Å². The number of ether oxygens (including phenoxy) is 2. The number of carbonyl (C=O) groups is 1. The number of ketones is 1. The van der Waals surface area contributed by atoms with Gasteiger partial charge in [0.25, 0.3) is 0 Å². The largest absolute Gasteiger partial charge is 0.493 e. The van der Waals surface area contributed by atoms with E-state index in [1.807, 2.05) is 55.5 Å². The Morgan fingerprint density at radius 1 is 1.09 bits per heavy atom. The Hall–Kier alpha value is -2.29. The number of hydrogen-bond donors (Lipinski definition) is 0. The molecular formula is C19H22O3. The molecule has 0 amide bonds. The van der Waals surface area contributed by atoms with Gasteiger partial charge in [0, 0.05) is 6.42 Å². The lowest BCUT2D eigenvalue weighted by Crippen LogP contribution is -2.02. The van der Waals surface area contributed by atoms with Gasteiger partial charge in [-0.3, -0.25) is 0 Å². The minimum Gasteiger partial charge on any atom is -0.493 e. The number of rotatable bonds is 7. The van der Waals surface area contributed by atoms with E-state index in [1.54, 1.807) is 14.0 Å². The van der Waals surface area contributed by atoms with Crippen molar-refractivity contribution in [3.05, 3.63) is 59.7 Å². The van der Waals surface area contributed by atoms with Crippen molar-refractivity contribution in [3.8, 4) is 11.5 Å². The molecule has 0 fully saturated rings. The van der Waals surface area contributed by atoms with Crippen molar-refractivity contribution in [2.45, 2.75) is 32.8 Å². The van der Waals surface area contributed by atoms with E-state index in [4.69, 9.17) is 9.47 Å². The molecule has 3 heteroatoms. The predicted octanol–water partition coefficient (Wildman–Crippen LogP) is 4.36. The summed E-state index contributed by atoms with van der Waals surface area (Å²) in [6, 6.07) is 15.9. The molecule has 0 aliphatic heterocycles. The smallest absolute Gasteiger partial charge is 0.161 e. The van der Waals surface area contributed by atoms with Crippen molar-refractivity contribution in [1.29, 1.82) is 0 Å². The fraction of sp³-hybridized carbons (Fsp3) is 0.316. The van der Waals surface area contributed by atoms with Crippen molar-refractivity contribution in [1.82, 2.24) is 0 Å². The summed E-state index contributed by atoms with van der Waals surface area (Å²) < 4.78 is 11.3. The van der Waals surface area contributed by atoms with E-state index in [2.05, 4.69) is 0 Å². The second-order valence-corrected chi connectivity index (χ2v) is 5.49. The van der Waals surface area contributed by atoms with E-state index >= 15 is 0 Å². The average Bonchev–Trinajstić information content (AvgIpc) is 2.53. The molecular weight excluding hydrogens is 276 g/mol. The van der Waals surface area contributed by atoms with Crippen LogP contribution in [0.2, 0.25) is 0 Å². The van der Waals surface area contributed by atoms with Crippen LogP contribution >= 0.6 is 0 Å². The Kier molecular flexibility index (Phi) is 5.59. The maximum Gasteiger partial charge on any atom is 0.161 e. The highest BCUT2D eigenvalue weighted by molar-refractivity contribution is 5.76. The van der Waals surface area contributed by atoms with Gasteiger partial charge in [-0.05, 0) is 36.1 Å². The lowest BCUT2D eigenvalue weighted by atomic mass is 9.96. The molecule has 0 bridgehead atoms. The zero-order valence-electron chi connectivity index (χ0n) is 13.3. The molecule has 2 rings (SSSR count). The summed E-state index contributed by atoms with van der Waals surface area (Å²) >= 11 is 0. The first-order valence-electron chi connectivity index (χ1n) is 7.44. The third kappa shape index (κ3) is 4.35. The number of benzene rings is 2. The molecule has 1 unspecified atom stereocenters. The first-order chi connectivity index (χ1) is 10.6. The molecule has 0 aliphatic carbocycles. The number of Topliss-reactive ketones (excluding diaryl/α,β-unsaturated/α-hetero) is 1. The van der Waals surface area contributed by atoms with Crippen molar-refractivity contribution in [2.24, 2.45) is 0 Å². The lowest BCUT2D eigenvalue weighted by Gasteiger charge is -2.15. The first kappa shape index (κ1) is 16.1. The monoisotopic (exact) mass is 298 g/mol. The van der Waals surface area contributed by atoms with E-state index in [9.17, 15) is 4.79 Å². The minimum atomic E-state index is 0.169. The fourth-order valence-electron chi connectivity index (χ4n) is 2.40. The maximum atomic E-state index is 11.3. The summed E-state index contributed by atoms with van der Waals surface area (Å²) in [6.45, 7) is 4.15. The van der Waals surface area contributed by atoms with E-state index < -0.39 is 0 Å². The highest BCUT2D eigenvalue weighted by Crippen LogP contribution is 2.32. The molecule has 0 saturated heterocycles. The Labute approximate surface area is 131 Å². The highest BCUT2D eigenvalue weighted by atomic mass is 16.5. The molecule has 2 aromatic carbocycles. The van der Waals surface area contributed by atoms with Crippen LogP contribution in [0.1, 0.15) is 37.3 Å². The molecule has 0 aliphatic rings. The van der Waals surface area contributed by atoms with Crippen molar-refractivity contribution in [2.75, 3.05) is 7.11 Å². The highest BCUT2D eigenvalue weighted by Gasteiger charge is 2.12. The predicted molar refractivity (Wildman–Crippen MR) is 87.5 cm³/mol. The van der Waals surface area contributed by atoms with E-state index in [-0.39, 0.29) is 11.7 Å². The third-order valence-electron chi connectivity index (χ3n) is 3.59. The second kappa shape index (κ2) is 7.64. The van der Waals surface area contributed by atoms with Crippen LogP contribution in [0.25, 0.3) is 0 Å². The molecule has 1 atom stereocenters. The van der Waals surface area contributed by atoms with Crippen LogP contribution in [0.15, 0.2) is 48.5 Å². The van der Waals surface area contributed by atoms with Gasteiger partial charge in [0.1, 0.15) is 12.4 Å². The second-order valence-electron chi connectivity index (χ2n) is 5.49. The molecule has 2 aromatic rings. The van der Waals surface area contributed by atoms with E-state index in [1.165, 1.54) is 0 Å². The average molecular weight is 298 g/mol. The molecule has 0 heterocycles. The van der Waals surface area contributed by atoms with Crippen LogP contribution in [-0.2, 0) is 11.4 Å². The fourth-order valence-corrected chi connectivity index (χ4v) is 2.40. The molecule has 0 saturated carbocycles. The number of methoxy groups -OCH3 is 1. The summed E-state index contributed by atoms with van der Waals surface area (Å²) in [5.41, 5.74) is 2.19. The van der Waals surface area contributed by atoms with Crippen molar-refractivity contribution < 1.29 is 14.3 Å². The van der Waals surface area contributed by atoms with Gasteiger partial charge in [-0.25, -0.2) is 0 Å².